The van der Waals surface area contributed by atoms with Crippen LogP contribution in [0.5, 0.6) is 5.75 Å². The predicted molar refractivity (Wildman–Crippen MR) is 153 cm³/mol. The first kappa shape index (κ1) is 28.9. The summed E-state index contributed by atoms with van der Waals surface area (Å²) in [7, 11) is 0. The number of alkyl halides is 3. The zero-order valence-corrected chi connectivity index (χ0v) is 24.5. The molecule has 41 heavy (non-hydrogen) atoms. The van der Waals surface area contributed by atoms with E-state index in [2.05, 4.69) is 10.1 Å². The van der Waals surface area contributed by atoms with E-state index < -0.39 is 29.7 Å². The first-order chi connectivity index (χ1) is 19.2. The first-order valence-electron chi connectivity index (χ1n) is 12.2. The fourth-order valence-electron chi connectivity index (χ4n) is 4.90. The molecule has 5 rings (SSSR count). The second-order valence-electron chi connectivity index (χ2n) is 9.79. The lowest BCUT2D eigenvalue weighted by molar-refractivity contribution is -0.274. The Labute approximate surface area is 250 Å². The molecule has 212 valence electrons. The van der Waals surface area contributed by atoms with Crippen LogP contribution in [0.1, 0.15) is 39.7 Å². The van der Waals surface area contributed by atoms with Crippen LogP contribution in [0.4, 0.5) is 18.0 Å². The third-order valence-electron chi connectivity index (χ3n) is 6.85. The number of nitrogens with zero attached hydrogens (tertiary/aromatic N) is 1. The van der Waals surface area contributed by atoms with Gasteiger partial charge in [-0.1, -0.05) is 35.9 Å². The molecule has 1 atom stereocenters. The Kier molecular flexibility index (Phi) is 7.53. The van der Waals surface area contributed by atoms with Crippen LogP contribution in [0.25, 0.3) is 10.9 Å². The molecule has 1 aliphatic heterocycles. The molecule has 1 saturated heterocycles. The molecule has 2 heterocycles. The maximum Gasteiger partial charge on any atom is 0.573 e. The van der Waals surface area contributed by atoms with E-state index in [1.165, 1.54) is 25.1 Å². The molecule has 1 aromatic heterocycles. The number of imide groups is 1. The Morgan fingerprint density at radius 2 is 1.76 bits per heavy atom. The first-order valence-corrected chi connectivity index (χ1v) is 13.7. The Balaban J connectivity index is 1.53. The largest absolute Gasteiger partial charge is 0.573 e. The highest BCUT2D eigenvalue weighted by atomic mass is 127. The molecule has 1 aliphatic rings. The van der Waals surface area contributed by atoms with Gasteiger partial charge in [-0.2, -0.15) is 0 Å². The quantitative estimate of drug-likeness (QED) is 0.167. The number of fused-ring (bicyclic) bond motifs is 1. The van der Waals surface area contributed by atoms with Gasteiger partial charge in [0.05, 0.1) is 11.1 Å². The van der Waals surface area contributed by atoms with Crippen molar-refractivity contribution in [2.45, 2.75) is 38.8 Å². The van der Waals surface area contributed by atoms with Crippen molar-refractivity contribution >= 4 is 62.9 Å². The Morgan fingerprint density at radius 1 is 1.07 bits per heavy atom. The number of alkyl carbamates (subject to hydrolysis) is 1. The number of carbonyl (C=O) groups excluding carboxylic acids is 3. The van der Waals surface area contributed by atoms with Crippen LogP contribution in [0.15, 0.2) is 60.7 Å². The fourth-order valence-corrected chi connectivity index (χ4v) is 6.02. The SMILES string of the molecule is Cc1c(C(=O)c2ccc(Cl)cc2I)c2ccc(OC(F)(F)F)cc2n1Cc1ccc(C[C@@]2(C)OC(=O)NC2=O)cc1. The molecule has 12 heteroatoms. The summed E-state index contributed by atoms with van der Waals surface area (Å²) < 4.78 is 50.7. The number of amides is 2. The Hall–Kier alpha value is -3.58. The zero-order valence-electron chi connectivity index (χ0n) is 21.6. The summed E-state index contributed by atoms with van der Waals surface area (Å²) in [5.74, 6) is -1.22. The highest BCUT2D eigenvalue weighted by Crippen LogP contribution is 2.34. The van der Waals surface area contributed by atoms with Crippen molar-refractivity contribution < 1.29 is 37.0 Å². The van der Waals surface area contributed by atoms with Gasteiger partial charge in [0, 0.05) is 44.3 Å². The number of ether oxygens (including phenoxy) is 2. The van der Waals surface area contributed by atoms with E-state index in [4.69, 9.17) is 16.3 Å². The van der Waals surface area contributed by atoms with Crippen molar-refractivity contribution in [1.29, 1.82) is 0 Å². The van der Waals surface area contributed by atoms with Gasteiger partial charge >= 0.3 is 12.5 Å². The Bertz CT molecular complexity index is 1720. The number of hydrogen-bond donors (Lipinski definition) is 1. The van der Waals surface area contributed by atoms with Gasteiger partial charge in [-0.3, -0.25) is 14.9 Å². The average molecular weight is 697 g/mol. The number of cyclic esters (lactones) is 1. The lowest BCUT2D eigenvalue weighted by Gasteiger charge is -2.19. The topological polar surface area (TPSA) is 86.6 Å². The third-order valence-corrected chi connectivity index (χ3v) is 7.98. The summed E-state index contributed by atoms with van der Waals surface area (Å²) in [5.41, 5.74) is 1.93. The number of rotatable bonds is 7. The van der Waals surface area contributed by atoms with Gasteiger partial charge in [0.25, 0.3) is 5.91 Å². The maximum absolute atomic E-state index is 13.7. The monoisotopic (exact) mass is 696 g/mol. The molecule has 2 amide bonds. The van der Waals surface area contributed by atoms with Crippen LogP contribution in [0, 0.1) is 10.5 Å². The summed E-state index contributed by atoms with van der Waals surface area (Å²) in [6.07, 6.45) is -5.51. The second kappa shape index (κ2) is 10.7. The highest BCUT2D eigenvalue weighted by Gasteiger charge is 2.44. The lowest BCUT2D eigenvalue weighted by atomic mass is 9.95. The van der Waals surface area contributed by atoms with E-state index in [0.29, 0.717) is 36.3 Å². The number of carbonyl (C=O) groups is 3. The number of hydrogen-bond acceptors (Lipinski definition) is 5. The smallest absolute Gasteiger partial charge is 0.432 e. The average Bonchev–Trinajstić information content (AvgIpc) is 3.29. The van der Waals surface area contributed by atoms with E-state index in [0.717, 1.165) is 11.1 Å². The van der Waals surface area contributed by atoms with Crippen molar-refractivity contribution in [3.8, 4) is 5.75 Å². The van der Waals surface area contributed by atoms with Crippen LogP contribution in [0.2, 0.25) is 5.02 Å². The van der Waals surface area contributed by atoms with Crippen LogP contribution >= 0.6 is 34.2 Å². The second-order valence-corrected chi connectivity index (χ2v) is 11.4. The molecule has 0 saturated carbocycles. The van der Waals surface area contributed by atoms with Crippen molar-refractivity contribution in [1.82, 2.24) is 9.88 Å². The third kappa shape index (κ3) is 5.91. The van der Waals surface area contributed by atoms with Crippen LogP contribution in [-0.2, 0) is 22.5 Å². The molecular formula is C29H21ClF3IN2O5. The summed E-state index contributed by atoms with van der Waals surface area (Å²) in [6, 6.07) is 16.0. The van der Waals surface area contributed by atoms with Crippen molar-refractivity contribution in [3.63, 3.8) is 0 Å². The molecule has 4 aromatic rings. The molecule has 0 spiro atoms. The van der Waals surface area contributed by atoms with E-state index >= 15 is 0 Å². The zero-order chi connectivity index (χ0) is 29.7. The number of nitrogens with one attached hydrogen (secondary N) is 1. The number of benzene rings is 3. The van der Waals surface area contributed by atoms with E-state index in [1.807, 2.05) is 22.6 Å². The summed E-state index contributed by atoms with van der Waals surface area (Å²) in [6.45, 7) is 3.50. The molecule has 3 aromatic carbocycles. The summed E-state index contributed by atoms with van der Waals surface area (Å²) >= 11 is 8.09. The van der Waals surface area contributed by atoms with E-state index in [1.54, 1.807) is 54.0 Å². The van der Waals surface area contributed by atoms with Crippen molar-refractivity contribution in [3.05, 3.63) is 97.2 Å². The van der Waals surface area contributed by atoms with Gasteiger partial charge in [0.1, 0.15) is 5.75 Å². The van der Waals surface area contributed by atoms with Gasteiger partial charge in [0.15, 0.2) is 11.4 Å². The molecule has 0 unspecified atom stereocenters. The van der Waals surface area contributed by atoms with Gasteiger partial charge in [-0.15, -0.1) is 13.2 Å². The van der Waals surface area contributed by atoms with Gasteiger partial charge in [0.2, 0.25) is 0 Å². The standard InChI is InChI=1S/C29H21ClF3IN2O5/c1-15-24(25(37)20-9-7-18(30)11-22(20)34)21-10-8-19(40-29(31,32)33)12-23(21)36(15)14-17-5-3-16(4-6-17)13-28(2)26(38)35-27(39)41-28/h3-12H,13-14H2,1-2H3,(H,35,38,39)/t28-/m1/s1. The van der Waals surface area contributed by atoms with E-state index in [9.17, 15) is 27.6 Å². The minimum Gasteiger partial charge on any atom is -0.432 e. The fraction of sp³-hybridized carbons (Fsp3) is 0.207. The normalized spacial score (nSPS) is 17.0. The van der Waals surface area contributed by atoms with Gasteiger partial charge in [-0.05, 0) is 77.9 Å². The molecule has 0 aliphatic carbocycles. The van der Waals surface area contributed by atoms with Gasteiger partial charge < -0.3 is 14.0 Å². The summed E-state index contributed by atoms with van der Waals surface area (Å²) in [4.78, 5) is 37.3. The maximum atomic E-state index is 13.7. The Morgan fingerprint density at radius 3 is 2.37 bits per heavy atom. The minimum absolute atomic E-state index is 0.160. The molecule has 7 nitrogen and oxygen atoms in total. The number of halogens is 5. The van der Waals surface area contributed by atoms with Gasteiger partial charge in [-0.25, -0.2) is 4.79 Å². The number of ketones is 1. The van der Waals surface area contributed by atoms with Crippen molar-refractivity contribution in [2.24, 2.45) is 0 Å². The predicted octanol–water partition coefficient (Wildman–Crippen LogP) is 6.95. The van der Waals surface area contributed by atoms with Crippen LogP contribution in [0.3, 0.4) is 0 Å². The molecule has 1 N–H and O–H groups in total. The molecule has 1 fully saturated rings. The van der Waals surface area contributed by atoms with E-state index in [-0.39, 0.29) is 18.7 Å². The summed E-state index contributed by atoms with van der Waals surface area (Å²) in [5, 5.41) is 3.08. The van der Waals surface area contributed by atoms with Crippen LogP contribution < -0.4 is 10.1 Å². The van der Waals surface area contributed by atoms with Crippen LogP contribution in [-0.4, -0.2) is 34.3 Å². The molecular weight excluding hydrogens is 676 g/mol. The minimum atomic E-state index is -4.88. The molecule has 0 radical (unpaired) electrons. The highest BCUT2D eigenvalue weighted by molar-refractivity contribution is 14.1. The molecule has 0 bridgehead atoms. The van der Waals surface area contributed by atoms with Crippen molar-refractivity contribution in [2.75, 3.05) is 0 Å². The lowest BCUT2D eigenvalue weighted by Crippen LogP contribution is -2.38. The number of aromatic nitrogens is 1.